The van der Waals surface area contributed by atoms with Crippen molar-refractivity contribution in [3.8, 4) is 11.6 Å². The first-order chi connectivity index (χ1) is 14.1. The van der Waals surface area contributed by atoms with Crippen LogP contribution in [0, 0.1) is 0 Å². The maximum absolute atomic E-state index is 12.4. The molecule has 0 fully saturated rings. The van der Waals surface area contributed by atoms with Gasteiger partial charge in [-0.3, -0.25) is 4.79 Å². The van der Waals surface area contributed by atoms with Crippen LogP contribution in [0.1, 0.15) is 31.8 Å². The zero-order chi connectivity index (χ0) is 20.6. The Morgan fingerprint density at radius 2 is 1.79 bits per heavy atom. The zero-order valence-electron chi connectivity index (χ0n) is 15.7. The fourth-order valence-corrected chi connectivity index (χ4v) is 2.54. The van der Waals surface area contributed by atoms with Gasteiger partial charge in [0.25, 0.3) is 0 Å². The largest absolute Gasteiger partial charge is 0.507 e. The number of nitrogens with zero attached hydrogens (tertiary/aromatic N) is 1. The van der Waals surface area contributed by atoms with E-state index in [-0.39, 0.29) is 17.1 Å². The van der Waals surface area contributed by atoms with Crippen LogP contribution in [-0.4, -0.2) is 29.0 Å². The molecule has 0 unspecified atom stereocenters. The summed E-state index contributed by atoms with van der Waals surface area (Å²) in [4.78, 5) is 28.1. The highest BCUT2D eigenvalue weighted by atomic mass is 16.5. The molecule has 0 aliphatic rings. The van der Waals surface area contributed by atoms with Crippen molar-refractivity contribution in [2.24, 2.45) is 0 Å². The summed E-state index contributed by atoms with van der Waals surface area (Å²) in [5.41, 5.74) is 2.00. The van der Waals surface area contributed by atoms with E-state index in [0.717, 1.165) is 5.56 Å². The number of carbonyl (C=O) groups is 2. The number of allylic oxidation sites excluding steroid dienone is 1. The van der Waals surface area contributed by atoms with Crippen molar-refractivity contribution in [2.45, 2.75) is 6.61 Å². The molecule has 0 saturated carbocycles. The van der Waals surface area contributed by atoms with Gasteiger partial charge in [-0.05, 0) is 42.0 Å². The Labute approximate surface area is 168 Å². The van der Waals surface area contributed by atoms with Crippen molar-refractivity contribution in [2.75, 3.05) is 7.11 Å². The molecule has 3 aromatic rings. The first-order valence-corrected chi connectivity index (χ1v) is 8.83. The zero-order valence-corrected chi connectivity index (χ0v) is 15.7. The Bertz CT molecular complexity index is 1030. The molecule has 0 amide bonds. The molecule has 0 atom stereocenters. The van der Waals surface area contributed by atoms with Gasteiger partial charge in [0.2, 0.25) is 5.88 Å². The lowest BCUT2D eigenvalue weighted by Crippen LogP contribution is -2.01. The van der Waals surface area contributed by atoms with Crippen LogP contribution in [0.25, 0.3) is 6.08 Å². The Kier molecular flexibility index (Phi) is 6.37. The molecule has 0 radical (unpaired) electrons. The van der Waals surface area contributed by atoms with Crippen molar-refractivity contribution >= 4 is 17.8 Å². The molecule has 6 nitrogen and oxygen atoms in total. The summed E-state index contributed by atoms with van der Waals surface area (Å²) in [6, 6.07) is 17.2. The maximum Gasteiger partial charge on any atom is 0.337 e. The summed E-state index contributed by atoms with van der Waals surface area (Å²) >= 11 is 0. The minimum Gasteiger partial charge on any atom is -0.507 e. The molecule has 0 bridgehead atoms. The number of phenols is 1. The second-order valence-electron chi connectivity index (χ2n) is 6.12. The van der Waals surface area contributed by atoms with Crippen LogP contribution in [0.15, 0.2) is 72.9 Å². The van der Waals surface area contributed by atoms with Crippen LogP contribution in [0.3, 0.4) is 0 Å². The summed E-state index contributed by atoms with van der Waals surface area (Å²) in [5.74, 6) is -0.460. The Morgan fingerprint density at radius 3 is 2.48 bits per heavy atom. The fourth-order valence-electron chi connectivity index (χ4n) is 2.54. The van der Waals surface area contributed by atoms with Crippen LogP contribution in [0.4, 0.5) is 0 Å². The molecule has 0 aliphatic carbocycles. The lowest BCUT2D eigenvalue weighted by Gasteiger charge is -2.05. The summed E-state index contributed by atoms with van der Waals surface area (Å²) in [6.45, 7) is 0.386. The molecular weight excluding hydrogens is 370 g/mol. The van der Waals surface area contributed by atoms with Gasteiger partial charge in [0, 0.05) is 23.4 Å². The summed E-state index contributed by atoms with van der Waals surface area (Å²) in [5, 5.41) is 9.92. The number of esters is 1. The van der Waals surface area contributed by atoms with Gasteiger partial charge >= 0.3 is 5.97 Å². The lowest BCUT2D eigenvalue weighted by molar-refractivity contribution is 0.0600. The number of methoxy groups -OCH3 is 1. The molecular formula is C23H19NO5. The van der Waals surface area contributed by atoms with E-state index < -0.39 is 5.97 Å². The van der Waals surface area contributed by atoms with Crippen LogP contribution in [0.5, 0.6) is 11.6 Å². The van der Waals surface area contributed by atoms with Gasteiger partial charge in [-0.1, -0.05) is 30.3 Å². The number of hydrogen-bond acceptors (Lipinski definition) is 6. The van der Waals surface area contributed by atoms with Gasteiger partial charge in [0.15, 0.2) is 5.78 Å². The van der Waals surface area contributed by atoms with E-state index >= 15 is 0 Å². The van der Waals surface area contributed by atoms with Crippen LogP contribution >= 0.6 is 0 Å². The van der Waals surface area contributed by atoms with Gasteiger partial charge in [-0.25, -0.2) is 9.78 Å². The highest BCUT2D eigenvalue weighted by molar-refractivity contribution is 6.06. The molecule has 0 spiro atoms. The molecule has 3 rings (SSSR count). The number of pyridine rings is 1. The average Bonchev–Trinajstić information content (AvgIpc) is 2.77. The van der Waals surface area contributed by atoms with Crippen molar-refractivity contribution < 1.29 is 24.2 Å². The molecule has 0 saturated heterocycles. The Morgan fingerprint density at radius 1 is 1.03 bits per heavy atom. The number of ketones is 1. The first-order valence-electron chi connectivity index (χ1n) is 8.83. The van der Waals surface area contributed by atoms with Crippen LogP contribution in [0.2, 0.25) is 0 Å². The number of rotatable bonds is 7. The van der Waals surface area contributed by atoms with Gasteiger partial charge in [0.1, 0.15) is 12.4 Å². The second kappa shape index (κ2) is 9.32. The van der Waals surface area contributed by atoms with Crippen molar-refractivity contribution in [3.05, 3.63) is 95.2 Å². The molecule has 2 aromatic carbocycles. The normalized spacial score (nSPS) is 10.7. The molecule has 1 N–H and O–H groups in total. The average molecular weight is 389 g/mol. The highest BCUT2D eigenvalue weighted by Crippen LogP contribution is 2.21. The lowest BCUT2D eigenvalue weighted by atomic mass is 10.1. The van der Waals surface area contributed by atoms with Gasteiger partial charge in [-0.15, -0.1) is 0 Å². The molecule has 1 heterocycles. The quantitative estimate of drug-likeness (QED) is 0.373. The predicted molar refractivity (Wildman–Crippen MR) is 108 cm³/mol. The van der Waals surface area contributed by atoms with E-state index in [9.17, 15) is 14.7 Å². The van der Waals surface area contributed by atoms with E-state index in [1.54, 1.807) is 12.1 Å². The summed E-state index contributed by atoms with van der Waals surface area (Å²) in [7, 11) is 1.27. The Balaban J connectivity index is 1.65. The van der Waals surface area contributed by atoms with Crippen LogP contribution < -0.4 is 4.74 Å². The minimum atomic E-state index is -0.527. The number of aromatic nitrogens is 1. The van der Waals surface area contributed by atoms with Crippen molar-refractivity contribution in [1.82, 2.24) is 4.98 Å². The maximum atomic E-state index is 12.4. The van der Waals surface area contributed by atoms with E-state index in [2.05, 4.69) is 9.72 Å². The van der Waals surface area contributed by atoms with Crippen LogP contribution in [-0.2, 0) is 11.3 Å². The predicted octanol–water partition coefficient (Wildman–Crippen LogP) is 4.05. The fraction of sp³-hybridized carbons (Fsp3) is 0.0870. The number of ether oxygens (including phenoxy) is 2. The second-order valence-corrected chi connectivity index (χ2v) is 6.12. The topological polar surface area (TPSA) is 85.7 Å². The van der Waals surface area contributed by atoms with Gasteiger partial charge < -0.3 is 14.6 Å². The first kappa shape index (κ1) is 19.8. The third-order valence-electron chi connectivity index (χ3n) is 4.11. The van der Waals surface area contributed by atoms with E-state index in [1.807, 2.05) is 30.3 Å². The third-order valence-corrected chi connectivity index (χ3v) is 4.11. The monoisotopic (exact) mass is 389 g/mol. The highest BCUT2D eigenvalue weighted by Gasteiger charge is 2.09. The number of benzene rings is 2. The van der Waals surface area contributed by atoms with E-state index in [4.69, 9.17) is 4.74 Å². The standard InChI is InChI=1S/C23H19NO5/c1-28-23(27)18-8-11-20(25)17(13-18)7-10-21(26)19-9-12-22(24-14-19)29-15-16-5-3-2-4-6-16/h2-14,25H,15H2,1H3/b10-7+. The number of hydrogen-bond donors (Lipinski definition) is 1. The van der Waals surface area contributed by atoms with Gasteiger partial charge in [0.05, 0.1) is 12.7 Å². The minimum absolute atomic E-state index is 0.0514. The molecule has 29 heavy (non-hydrogen) atoms. The number of aromatic hydroxyl groups is 1. The third kappa shape index (κ3) is 5.29. The number of phenolic OH excluding ortho intramolecular Hbond substituents is 1. The smallest absolute Gasteiger partial charge is 0.337 e. The van der Waals surface area contributed by atoms with Gasteiger partial charge in [-0.2, -0.15) is 0 Å². The SMILES string of the molecule is COC(=O)c1ccc(O)c(/C=C/C(=O)c2ccc(OCc3ccccc3)nc2)c1. The van der Waals surface area contributed by atoms with Crippen molar-refractivity contribution in [3.63, 3.8) is 0 Å². The summed E-state index contributed by atoms with van der Waals surface area (Å²) < 4.78 is 10.3. The van der Waals surface area contributed by atoms with Crippen molar-refractivity contribution in [1.29, 1.82) is 0 Å². The number of carbonyl (C=O) groups excluding carboxylic acids is 2. The molecule has 6 heteroatoms. The molecule has 0 aliphatic heterocycles. The Hall–Kier alpha value is -3.93. The van der Waals surface area contributed by atoms with E-state index in [1.165, 1.54) is 43.7 Å². The molecule has 1 aromatic heterocycles. The summed E-state index contributed by atoms with van der Waals surface area (Å²) in [6.07, 6.45) is 4.17. The molecule has 146 valence electrons. The van der Waals surface area contributed by atoms with E-state index in [0.29, 0.717) is 23.6 Å².